The van der Waals surface area contributed by atoms with Gasteiger partial charge in [-0.05, 0) is 24.3 Å². The molecule has 3 aromatic rings. The molecule has 0 saturated carbocycles. The Morgan fingerprint density at radius 1 is 1.10 bits per heavy atom. The van der Waals surface area contributed by atoms with E-state index in [1.165, 1.54) is 23.6 Å². The van der Waals surface area contributed by atoms with E-state index < -0.39 is 0 Å². The number of rotatable bonds is 3. The third-order valence-electron chi connectivity index (χ3n) is 2.51. The molecule has 6 heteroatoms. The Labute approximate surface area is 118 Å². The zero-order valence-corrected chi connectivity index (χ0v) is 11.2. The molecule has 0 atom stereocenters. The van der Waals surface area contributed by atoms with Crippen LogP contribution in [-0.2, 0) is 0 Å². The molecule has 1 N–H and O–H groups in total. The zero-order valence-electron chi connectivity index (χ0n) is 10.4. The molecule has 0 saturated heterocycles. The topological polar surface area (TPSA) is 71.5 Å². The van der Waals surface area contributed by atoms with E-state index in [9.17, 15) is 4.79 Å². The van der Waals surface area contributed by atoms with Crippen LogP contribution in [0.2, 0.25) is 0 Å². The predicted octanol–water partition coefficient (Wildman–Crippen LogP) is 2.46. The van der Waals surface area contributed by atoms with Crippen LogP contribution in [0, 0.1) is 0 Å². The monoisotopic (exact) mass is 282 g/mol. The lowest BCUT2D eigenvalue weighted by Gasteiger charge is -1.92. The summed E-state index contributed by atoms with van der Waals surface area (Å²) in [6.45, 7) is 0. The van der Waals surface area contributed by atoms with Crippen molar-refractivity contribution < 1.29 is 0 Å². The normalized spacial score (nSPS) is 11.0. The number of aromatic amines is 1. The van der Waals surface area contributed by atoms with Gasteiger partial charge in [0.2, 0.25) is 0 Å². The van der Waals surface area contributed by atoms with Crippen molar-refractivity contribution in [2.45, 2.75) is 0 Å². The van der Waals surface area contributed by atoms with Gasteiger partial charge in [-0.3, -0.25) is 9.78 Å². The molecule has 0 bridgehead atoms. The van der Waals surface area contributed by atoms with Crippen molar-refractivity contribution in [1.82, 2.24) is 19.9 Å². The van der Waals surface area contributed by atoms with Gasteiger partial charge in [-0.2, -0.15) is 0 Å². The Kier molecular flexibility index (Phi) is 3.47. The fourth-order valence-corrected chi connectivity index (χ4v) is 2.37. The number of nitrogens with one attached hydrogen (secondary N) is 1. The van der Waals surface area contributed by atoms with Crippen molar-refractivity contribution in [3.05, 3.63) is 63.9 Å². The minimum Gasteiger partial charge on any atom is -0.307 e. The average Bonchev–Trinajstić information content (AvgIpc) is 2.95. The van der Waals surface area contributed by atoms with Gasteiger partial charge >= 0.3 is 0 Å². The fourth-order valence-electron chi connectivity index (χ4n) is 1.60. The van der Waals surface area contributed by atoms with Crippen molar-refractivity contribution in [2.24, 2.45) is 0 Å². The Morgan fingerprint density at radius 3 is 2.85 bits per heavy atom. The van der Waals surface area contributed by atoms with Crippen molar-refractivity contribution >= 4 is 23.5 Å². The van der Waals surface area contributed by atoms with Crippen LogP contribution in [0.1, 0.15) is 11.5 Å². The van der Waals surface area contributed by atoms with Crippen LogP contribution in [-0.4, -0.2) is 19.9 Å². The van der Waals surface area contributed by atoms with Crippen molar-refractivity contribution in [1.29, 1.82) is 0 Å². The second-order valence-corrected chi connectivity index (χ2v) is 4.80. The summed E-state index contributed by atoms with van der Waals surface area (Å²) in [5.41, 5.74) is 1.48. The highest BCUT2D eigenvalue weighted by Crippen LogP contribution is 2.22. The van der Waals surface area contributed by atoms with Crippen LogP contribution in [0.5, 0.6) is 0 Å². The third kappa shape index (κ3) is 2.86. The first-order valence-corrected chi connectivity index (χ1v) is 6.79. The van der Waals surface area contributed by atoms with Gasteiger partial charge < -0.3 is 4.98 Å². The maximum Gasteiger partial charge on any atom is 0.251 e. The molecule has 3 aromatic heterocycles. The summed E-state index contributed by atoms with van der Waals surface area (Å²) in [7, 11) is 0. The first kappa shape index (κ1) is 12.4. The van der Waals surface area contributed by atoms with Gasteiger partial charge in [0, 0.05) is 23.8 Å². The lowest BCUT2D eigenvalue weighted by Crippen LogP contribution is -2.05. The maximum absolute atomic E-state index is 11.1. The van der Waals surface area contributed by atoms with Crippen molar-refractivity contribution in [3.8, 4) is 10.7 Å². The number of hydrogen-bond donors (Lipinski definition) is 1. The van der Waals surface area contributed by atoms with Gasteiger partial charge in [0.25, 0.3) is 5.56 Å². The zero-order chi connectivity index (χ0) is 13.8. The van der Waals surface area contributed by atoms with E-state index in [0.29, 0.717) is 5.82 Å². The minimum atomic E-state index is -0.174. The van der Waals surface area contributed by atoms with Gasteiger partial charge in [-0.15, -0.1) is 11.3 Å². The lowest BCUT2D eigenvalue weighted by molar-refractivity contribution is 1.09. The highest BCUT2D eigenvalue weighted by Gasteiger charge is 2.03. The second kappa shape index (κ2) is 5.58. The van der Waals surface area contributed by atoms with Crippen molar-refractivity contribution in [3.63, 3.8) is 0 Å². The van der Waals surface area contributed by atoms with Gasteiger partial charge in [0.15, 0.2) is 0 Å². The van der Waals surface area contributed by atoms with E-state index in [2.05, 4.69) is 19.9 Å². The third-order valence-corrected chi connectivity index (χ3v) is 3.39. The standard InChI is InChI=1S/C14H10N4OS/c19-13-6-8-16-12(18-13)5-4-10-9-20-14(17-10)11-3-1-2-7-15-11/h1-9H,(H,16,18,19). The van der Waals surface area contributed by atoms with E-state index >= 15 is 0 Å². The molecule has 0 aliphatic rings. The molecule has 0 amide bonds. The van der Waals surface area contributed by atoms with Gasteiger partial charge in [-0.1, -0.05) is 6.07 Å². The molecule has 0 spiro atoms. The number of hydrogen-bond acceptors (Lipinski definition) is 5. The average molecular weight is 282 g/mol. The second-order valence-electron chi connectivity index (χ2n) is 3.95. The number of aromatic nitrogens is 4. The largest absolute Gasteiger partial charge is 0.307 e. The molecule has 3 heterocycles. The van der Waals surface area contributed by atoms with E-state index in [1.807, 2.05) is 23.6 Å². The molecular formula is C14H10N4OS. The summed E-state index contributed by atoms with van der Waals surface area (Å²) in [6, 6.07) is 7.09. The summed E-state index contributed by atoms with van der Waals surface area (Å²) >= 11 is 1.52. The molecule has 0 aromatic carbocycles. The molecule has 0 fully saturated rings. The Morgan fingerprint density at radius 2 is 2.05 bits per heavy atom. The molecule has 98 valence electrons. The number of nitrogens with zero attached hydrogens (tertiary/aromatic N) is 3. The summed E-state index contributed by atoms with van der Waals surface area (Å²) < 4.78 is 0. The first-order chi connectivity index (χ1) is 9.81. The summed E-state index contributed by atoms with van der Waals surface area (Å²) in [4.78, 5) is 26.5. The summed E-state index contributed by atoms with van der Waals surface area (Å²) in [5, 5.41) is 2.79. The lowest BCUT2D eigenvalue weighted by atomic mass is 10.3. The Hall–Kier alpha value is -2.60. The molecular weight excluding hydrogens is 272 g/mol. The fraction of sp³-hybridized carbons (Fsp3) is 0. The Balaban J connectivity index is 1.83. The van der Waals surface area contributed by atoms with Crippen LogP contribution in [0.25, 0.3) is 22.9 Å². The molecule has 0 aliphatic heterocycles. The highest BCUT2D eigenvalue weighted by molar-refractivity contribution is 7.13. The maximum atomic E-state index is 11.1. The molecule has 0 radical (unpaired) electrons. The van der Waals surface area contributed by atoms with E-state index in [4.69, 9.17) is 0 Å². The van der Waals surface area contributed by atoms with Crippen molar-refractivity contribution in [2.75, 3.05) is 0 Å². The van der Waals surface area contributed by atoms with Gasteiger partial charge in [0.05, 0.1) is 11.4 Å². The van der Waals surface area contributed by atoms with E-state index in [1.54, 1.807) is 18.3 Å². The predicted molar refractivity (Wildman–Crippen MR) is 79.1 cm³/mol. The van der Waals surface area contributed by atoms with Gasteiger partial charge in [-0.25, -0.2) is 9.97 Å². The highest BCUT2D eigenvalue weighted by atomic mass is 32.1. The molecule has 20 heavy (non-hydrogen) atoms. The molecule has 0 unspecified atom stereocenters. The van der Waals surface area contributed by atoms with E-state index in [-0.39, 0.29) is 5.56 Å². The Bertz CT molecular complexity index is 792. The number of thiazole rings is 1. The molecule has 0 aliphatic carbocycles. The van der Waals surface area contributed by atoms with Crippen LogP contribution in [0.3, 0.4) is 0 Å². The number of H-pyrrole nitrogens is 1. The summed E-state index contributed by atoms with van der Waals surface area (Å²) in [5.74, 6) is 0.505. The minimum absolute atomic E-state index is 0.174. The van der Waals surface area contributed by atoms with Crippen LogP contribution >= 0.6 is 11.3 Å². The van der Waals surface area contributed by atoms with Crippen LogP contribution < -0.4 is 5.56 Å². The first-order valence-electron chi connectivity index (χ1n) is 5.91. The molecule has 5 nitrogen and oxygen atoms in total. The van der Waals surface area contributed by atoms with Crippen LogP contribution in [0.15, 0.2) is 46.8 Å². The quantitative estimate of drug-likeness (QED) is 0.801. The van der Waals surface area contributed by atoms with E-state index in [0.717, 1.165) is 16.4 Å². The SMILES string of the molecule is O=c1ccnc(C=Cc2csc(-c3ccccn3)n2)[nH]1. The summed E-state index contributed by atoms with van der Waals surface area (Å²) in [6.07, 6.45) is 6.74. The molecule has 3 rings (SSSR count). The van der Waals surface area contributed by atoms with Gasteiger partial charge in [0.1, 0.15) is 10.8 Å². The smallest absolute Gasteiger partial charge is 0.251 e. The van der Waals surface area contributed by atoms with Crippen LogP contribution in [0.4, 0.5) is 0 Å². The number of pyridine rings is 1.